The molecule has 0 fully saturated rings. The molecule has 1 rings (SSSR count). The number of hydrogen-bond acceptors (Lipinski definition) is 3. The Morgan fingerprint density at radius 3 is 2.00 bits per heavy atom. The zero-order valence-corrected chi connectivity index (χ0v) is 10.00. The summed E-state index contributed by atoms with van der Waals surface area (Å²) in [4.78, 5) is 1.68. The minimum Gasteiger partial charge on any atom is -0.164 e. The molecule has 1 aromatic rings. The van der Waals surface area contributed by atoms with E-state index in [1.165, 1.54) is 0 Å². The zero-order chi connectivity index (χ0) is 11.0. The maximum atomic E-state index is 4.36. The molecule has 0 aliphatic heterocycles. The van der Waals surface area contributed by atoms with Crippen LogP contribution in [-0.2, 0) is 12.0 Å². The maximum absolute atomic E-state index is 4.36. The molecule has 0 aliphatic rings. The van der Waals surface area contributed by atoms with Gasteiger partial charge in [-0.05, 0) is 10.6 Å². The number of rotatable bonds is 1. The molecule has 0 unspecified atom stereocenters. The molecule has 0 N–H and O–H groups in total. The van der Waals surface area contributed by atoms with E-state index in [9.17, 15) is 0 Å². The summed E-state index contributed by atoms with van der Waals surface area (Å²) in [6, 6.07) is 0. The van der Waals surface area contributed by atoms with Crippen molar-refractivity contribution in [1.82, 2.24) is 20.2 Å². The highest BCUT2D eigenvalue weighted by Crippen LogP contribution is 2.18. The fourth-order valence-electron chi connectivity index (χ4n) is 1.03. The number of hydrogen-bond donors (Lipinski definition) is 0. The van der Waals surface area contributed by atoms with Gasteiger partial charge in [-0.1, -0.05) is 41.5 Å². The summed E-state index contributed by atoms with van der Waals surface area (Å²) in [5.41, 5.74) is 0.173. The lowest BCUT2D eigenvalue weighted by atomic mass is 9.96. The number of aromatic nitrogens is 4. The van der Waals surface area contributed by atoms with Gasteiger partial charge >= 0.3 is 0 Å². The summed E-state index contributed by atoms with van der Waals surface area (Å²) in [5.74, 6) is 0.807. The van der Waals surface area contributed by atoms with E-state index in [-0.39, 0.29) is 10.8 Å². The standard InChI is InChI=1S/C10H20N4/c1-9(2,3)7-14-12-8(11-13-14)10(4,5)6/h7H2,1-6H3. The highest BCUT2D eigenvalue weighted by molar-refractivity contribution is 4.96. The van der Waals surface area contributed by atoms with Crippen molar-refractivity contribution < 1.29 is 0 Å². The van der Waals surface area contributed by atoms with Crippen molar-refractivity contribution in [3.05, 3.63) is 5.82 Å². The van der Waals surface area contributed by atoms with Gasteiger partial charge in [0.05, 0.1) is 6.54 Å². The fraction of sp³-hybridized carbons (Fsp3) is 0.900. The van der Waals surface area contributed by atoms with Crippen LogP contribution >= 0.6 is 0 Å². The minimum absolute atomic E-state index is 0.0177. The highest BCUT2D eigenvalue weighted by Gasteiger charge is 2.21. The smallest absolute Gasteiger partial charge is 0.164 e. The Bertz CT molecular complexity index is 301. The molecular weight excluding hydrogens is 176 g/mol. The summed E-state index contributed by atoms with van der Waals surface area (Å²) >= 11 is 0. The first kappa shape index (κ1) is 11.1. The second-order valence-electron chi connectivity index (χ2n) is 5.95. The van der Waals surface area contributed by atoms with Crippen LogP contribution < -0.4 is 0 Å². The lowest BCUT2D eigenvalue weighted by Crippen LogP contribution is -2.19. The molecule has 0 aromatic carbocycles. The summed E-state index contributed by atoms with van der Waals surface area (Å²) in [6.45, 7) is 13.5. The van der Waals surface area contributed by atoms with E-state index < -0.39 is 0 Å². The Balaban J connectivity index is 2.79. The largest absolute Gasteiger partial charge is 0.180 e. The summed E-state index contributed by atoms with van der Waals surface area (Å²) in [7, 11) is 0. The van der Waals surface area contributed by atoms with Gasteiger partial charge < -0.3 is 0 Å². The van der Waals surface area contributed by atoms with Crippen LogP contribution in [0.3, 0.4) is 0 Å². The van der Waals surface area contributed by atoms with Crippen molar-refractivity contribution in [3.8, 4) is 0 Å². The third-order valence-electron chi connectivity index (χ3n) is 1.74. The first-order chi connectivity index (χ1) is 6.18. The van der Waals surface area contributed by atoms with E-state index in [2.05, 4.69) is 57.0 Å². The van der Waals surface area contributed by atoms with Crippen LogP contribution in [-0.4, -0.2) is 20.2 Å². The molecule has 0 spiro atoms. The lowest BCUT2D eigenvalue weighted by molar-refractivity contribution is 0.298. The van der Waals surface area contributed by atoms with Crippen molar-refractivity contribution in [3.63, 3.8) is 0 Å². The molecule has 0 amide bonds. The average molecular weight is 196 g/mol. The molecule has 1 heterocycles. The van der Waals surface area contributed by atoms with Crippen LogP contribution in [0.25, 0.3) is 0 Å². The second kappa shape index (κ2) is 3.33. The van der Waals surface area contributed by atoms with E-state index in [1.807, 2.05) is 0 Å². The molecule has 0 atom stereocenters. The van der Waals surface area contributed by atoms with Crippen molar-refractivity contribution in [2.24, 2.45) is 5.41 Å². The van der Waals surface area contributed by atoms with Gasteiger partial charge in [0.1, 0.15) is 0 Å². The quantitative estimate of drug-likeness (QED) is 0.690. The van der Waals surface area contributed by atoms with Crippen molar-refractivity contribution in [1.29, 1.82) is 0 Å². The first-order valence-electron chi connectivity index (χ1n) is 4.97. The van der Waals surface area contributed by atoms with Crippen LogP contribution in [0.1, 0.15) is 47.4 Å². The molecule has 0 aliphatic carbocycles. The monoisotopic (exact) mass is 196 g/mol. The Hall–Kier alpha value is -0.930. The van der Waals surface area contributed by atoms with E-state index in [0.717, 1.165) is 12.4 Å². The van der Waals surface area contributed by atoms with Gasteiger partial charge in [0.2, 0.25) is 0 Å². The third kappa shape index (κ3) is 3.09. The molecule has 0 bridgehead atoms. The molecule has 14 heavy (non-hydrogen) atoms. The van der Waals surface area contributed by atoms with Gasteiger partial charge in [-0.2, -0.15) is 4.80 Å². The van der Waals surface area contributed by atoms with E-state index >= 15 is 0 Å². The second-order valence-corrected chi connectivity index (χ2v) is 5.95. The molecule has 0 saturated carbocycles. The average Bonchev–Trinajstić information content (AvgIpc) is 2.29. The van der Waals surface area contributed by atoms with Crippen molar-refractivity contribution in [2.45, 2.75) is 53.5 Å². The summed E-state index contributed by atoms with van der Waals surface area (Å²) in [6.07, 6.45) is 0. The van der Waals surface area contributed by atoms with Crippen molar-refractivity contribution >= 4 is 0 Å². The fourth-order valence-corrected chi connectivity index (χ4v) is 1.03. The SMILES string of the molecule is CC(C)(C)Cn1nnc(C(C)(C)C)n1. The Morgan fingerprint density at radius 2 is 1.64 bits per heavy atom. The zero-order valence-electron chi connectivity index (χ0n) is 10.00. The molecule has 80 valence electrons. The van der Waals surface area contributed by atoms with E-state index in [4.69, 9.17) is 0 Å². The lowest BCUT2D eigenvalue weighted by Gasteiger charge is -2.16. The Morgan fingerprint density at radius 1 is 1.07 bits per heavy atom. The maximum Gasteiger partial charge on any atom is 0.180 e. The van der Waals surface area contributed by atoms with Gasteiger partial charge in [0, 0.05) is 5.41 Å². The summed E-state index contributed by atoms with van der Waals surface area (Å²) in [5, 5.41) is 12.5. The van der Waals surface area contributed by atoms with Gasteiger partial charge in [0.15, 0.2) is 5.82 Å². The highest BCUT2D eigenvalue weighted by atomic mass is 15.6. The van der Waals surface area contributed by atoms with Gasteiger partial charge in [-0.15, -0.1) is 10.2 Å². The molecule has 0 radical (unpaired) electrons. The Kier molecular flexibility index (Phi) is 2.65. The first-order valence-corrected chi connectivity index (χ1v) is 4.97. The van der Waals surface area contributed by atoms with Crippen LogP contribution in [0.2, 0.25) is 0 Å². The van der Waals surface area contributed by atoms with Crippen LogP contribution in [0.5, 0.6) is 0 Å². The number of nitrogens with zero attached hydrogens (tertiary/aromatic N) is 4. The topological polar surface area (TPSA) is 43.6 Å². The third-order valence-corrected chi connectivity index (χ3v) is 1.74. The van der Waals surface area contributed by atoms with Crippen molar-refractivity contribution in [2.75, 3.05) is 0 Å². The molecule has 0 saturated heterocycles. The summed E-state index contributed by atoms with van der Waals surface area (Å²) < 4.78 is 0. The van der Waals surface area contributed by atoms with Crippen LogP contribution in [0.15, 0.2) is 0 Å². The predicted octanol–water partition coefficient (Wildman–Crippen LogP) is 2.02. The van der Waals surface area contributed by atoms with Gasteiger partial charge in [-0.3, -0.25) is 0 Å². The Labute approximate surface area is 85.7 Å². The molecule has 1 aromatic heterocycles. The molecular formula is C10H20N4. The van der Waals surface area contributed by atoms with Gasteiger partial charge in [-0.25, -0.2) is 0 Å². The predicted molar refractivity (Wildman–Crippen MR) is 56.0 cm³/mol. The van der Waals surface area contributed by atoms with Crippen LogP contribution in [0, 0.1) is 5.41 Å². The van der Waals surface area contributed by atoms with Crippen LogP contribution in [0.4, 0.5) is 0 Å². The van der Waals surface area contributed by atoms with Gasteiger partial charge in [0.25, 0.3) is 0 Å². The van der Waals surface area contributed by atoms with E-state index in [0.29, 0.717) is 0 Å². The number of tetrazole rings is 1. The van der Waals surface area contributed by atoms with E-state index in [1.54, 1.807) is 4.80 Å². The molecule has 4 heteroatoms. The minimum atomic E-state index is -0.0177. The molecule has 4 nitrogen and oxygen atoms in total. The normalized spacial score (nSPS) is 13.3.